The maximum Gasteiger partial charge on any atom is 0.0976 e. The van der Waals surface area contributed by atoms with E-state index in [4.69, 9.17) is 0 Å². The van der Waals surface area contributed by atoms with Crippen LogP contribution in [0.1, 0.15) is 24.8 Å². The van der Waals surface area contributed by atoms with Gasteiger partial charge in [0, 0.05) is 19.0 Å². The van der Waals surface area contributed by atoms with Gasteiger partial charge in [-0.05, 0) is 45.0 Å². The SMILES string of the molecule is CN1CC[C@@](O)(c2ccccc2)[C@@H](C2(O)CCNCC2)C1. The van der Waals surface area contributed by atoms with Crippen molar-refractivity contribution in [2.24, 2.45) is 5.92 Å². The number of hydrogen-bond donors (Lipinski definition) is 3. The van der Waals surface area contributed by atoms with Crippen LogP contribution in [0.15, 0.2) is 30.3 Å². The predicted octanol–water partition coefficient (Wildman–Crippen LogP) is 0.940. The van der Waals surface area contributed by atoms with Crippen molar-refractivity contribution in [2.45, 2.75) is 30.5 Å². The normalized spacial score (nSPS) is 33.8. The number of aliphatic hydroxyl groups is 2. The number of benzene rings is 1. The third-order valence-corrected chi connectivity index (χ3v) is 5.34. The summed E-state index contributed by atoms with van der Waals surface area (Å²) in [5.41, 5.74) is -0.778. The zero-order valence-electron chi connectivity index (χ0n) is 12.8. The number of nitrogens with zero attached hydrogens (tertiary/aromatic N) is 1. The van der Waals surface area contributed by atoms with E-state index in [9.17, 15) is 10.2 Å². The second-order valence-electron chi connectivity index (χ2n) is 6.71. The summed E-state index contributed by atoms with van der Waals surface area (Å²) in [7, 11) is 2.07. The summed E-state index contributed by atoms with van der Waals surface area (Å²) in [4.78, 5) is 2.22. The first kappa shape index (κ1) is 15.0. The van der Waals surface area contributed by atoms with Gasteiger partial charge in [0.1, 0.15) is 0 Å². The van der Waals surface area contributed by atoms with Crippen molar-refractivity contribution >= 4 is 0 Å². The van der Waals surface area contributed by atoms with Crippen molar-refractivity contribution in [1.29, 1.82) is 0 Å². The lowest BCUT2D eigenvalue weighted by molar-refractivity contribution is -0.170. The Bertz CT molecular complexity index is 473. The largest absolute Gasteiger partial charge is 0.389 e. The summed E-state index contributed by atoms with van der Waals surface area (Å²) in [6.45, 7) is 3.24. The third-order valence-electron chi connectivity index (χ3n) is 5.34. The molecular formula is C17H26N2O2. The standard InChI is InChI=1S/C17H26N2O2/c1-19-12-9-17(21,14-5-3-2-4-6-14)15(13-19)16(20)7-10-18-11-8-16/h2-6,15,18,20-21H,7-13H2,1H3/t15-,17-/m1/s1. The Morgan fingerprint density at radius 1 is 1.10 bits per heavy atom. The first-order valence-corrected chi connectivity index (χ1v) is 7.94. The van der Waals surface area contributed by atoms with Crippen LogP contribution in [-0.2, 0) is 5.60 Å². The van der Waals surface area contributed by atoms with Crippen LogP contribution in [0.5, 0.6) is 0 Å². The Balaban J connectivity index is 1.96. The molecule has 0 bridgehead atoms. The third kappa shape index (κ3) is 2.73. The number of rotatable bonds is 2. The molecule has 0 saturated carbocycles. The minimum atomic E-state index is -0.931. The minimum Gasteiger partial charge on any atom is -0.389 e. The molecule has 2 aliphatic rings. The number of likely N-dealkylation sites (tertiary alicyclic amines) is 1. The summed E-state index contributed by atoms with van der Waals surface area (Å²) < 4.78 is 0. The summed E-state index contributed by atoms with van der Waals surface area (Å²) in [6.07, 6.45) is 2.09. The lowest BCUT2D eigenvalue weighted by Crippen LogP contribution is -2.61. The van der Waals surface area contributed by atoms with Crippen LogP contribution in [0.3, 0.4) is 0 Å². The highest BCUT2D eigenvalue weighted by Crippen LogP contribution is 2.45. The predicted molar refractivity (Wildman–Crippen MR) is 83.0 cm³/mol. The van der Waals surface area contributed by atoms with Crippen LogP contribution in [0.25, 0.3) is 0 Å². The van der Waals surface area contributed by atoms with Crippen molar-refractivity contribution in [3.8, 4) is 0 Å². The lowest BCUT2D eigenvalue weighted by Gasteiger charge is -2.52. The fourth-order valence-electron chi connectivity index (χ4n) is 3.98. The Morgan fingerprint density at radius 2 is 1.76 bits per heavy atom. The summed E-state index contributed by atoms with van der Waals surface area (Å²) in [6, 6.07) is 9.88. The van der Waals surface area contributed by atoms with E-state index in [1.165, 1.54) is 0 Å². The molecule has 1 aromatic carbocycles. The first-order valence-electron chi connectivity index (χ1n) is 7.94. The molecular weight excluding hydrogens is 264 g/mol. The molecule has 2 heterocycles. The average molecular weight is 290 g/mol. The van der Waals surface area contributed by atoms with E-state index in [-0.39, 0.29) is 5.92 Å². The molecule has 4 heteroatoms. The second-order valence-corrected chi connectivity index (χ2v) is 6.71. The summed E-state index contributed by atoms with van der Waals surface area (Å²) in [5.74, 6) is -0.145. The van der Waals surface area contributed by atoms with E-state index < -0.39 is 11.2 Å². The van der Waals surface area contributed by atoms with Gasteiger partial charge in [0.15, 0.2) is 0 Å². The molecule has 0 aromatic heterocycles. The summed E-state index contributed by atoms with van der Waals surface area (Å²) in [5, 5.41) is 25.9. The molecule has 0 amide bonds. The van der Waals surface area contributed by atoms with Crippen molar-refractivity contribution in [3.63, 3.8) is 0 Å². The van der Waals surface area contributed by atoms with Crippen LogP contribution >= 0.6 is 0 Å². The Hall–Kier alpha value is -0.940. The van der Waals surface area contributed by atoms with Crippen LogP contribution in [0.2, 0.25) is 0 Å². The molecule has 2 atom stereocenters. The maximum absolute atomic E-state index is 11.4. The van der Waals surface area contributed by atoms with Gasteiger partial charge in [-0.15, -0.1) is 0 Å². The quantitative estimate of drug-likeness (QED) is 0.759. The van der Waals surface area contributed by atoms with Crippen LogP contribution < -0.4 is 5.32 Å². The second kappa shape index (κ2) is 5.69. The summed E-state index contributed by atoms with van der Waals surface area (Å²) >= 11 is 0. The lowest BCUT2D eigenvalue weighted by atomic mass is 9.65. The minimum absolute atomic E-state index is 0.145. The first-order chi connectivity index (χ1) is 10.0. The fraction of sp³-hybridized carbons (Fsp3) is 0.647. The van der Waals surface area contributed by atoms with Gasteiger partial charge < -0.3 is 20.4 Å². The van der Waals surface area contributed by atoms with E-state index in [2.05, 4.69) is 17.3 Å². The maximum atomic E-state index is 11.4. The van der Waals surface area contributed by atoms with Crippen molar-refractivity contribution < 1.29 is 10.2 Å². The Morgan fingerprint density at radius 3 is 2.43 bits per heavy atom. The molecule has 21 heavy (non-hydrogen) atoms. The van der Waals surface area contributed by atoms with Gasteiger partial charge in [-0.25, -0.2) is 0 Å². The highest BCUT2D eigenvalue weighted by molar-refractivity contribution is 5.26. The van der Waals surface area contributed by atoms with Gasteiger partial charge in [0.2, 0.25) is 0 Å². The molecule has 2 saturated heterocycles. The topological polar surface area (TPSA) is 55.7 Å². The van der Waals surface area contributed by atoms with E-state index >= 15 is 0 Å². The van der Waals surface area contributed by atoms with Gasteiger partial charge in [0.05, 0.1) is 11.2 Å². The smallest absolute Gasteiger partial charge is 0.0976 e. The van der Waals surface area contributed by atoms with Gasteiger partial charge in [-0.3, -0.25) is 0 Å². The van der Waals surface area contributed by atoms with Gasteiger partial charge in [-0.1, -0.05) is 30.3 Å². The van der Waals surface area contributed by atoms with E-state index in [1.54, 1.807) is 0 Å². The van der Waals surface area contributed by atoms with Crippen LogP contribution in [0.4, 0.5) is 0 Å². The highest BCUT2D eigenvalue weighted by Gasteiger charge is 2.52. The van der Waals surface area contributed by atoms with E-state index in [0.29, 0.717) is 19.3 Å². The molecule has 2 fully saturated rings. The monoisotopic (exact) mass is 290 g/mol. The number of nitrogens with one attached hydrogen (secondary N) is 1. The molecule has 3 rings (SSSR count). The number of hydrogen-bond acceptors (Lipinski definition) is 4. The van der Waals surface area contributed by atoms with Gasteiger partial charge >= 0.3 is 0 Å². The molecule has 0 spiro atoms. The van der Waals surface area contributed by atoms with Crippen molar-refractivity contribution in [2.75, 3.05) is 33.2 Å². The van der Waals surface area contributed by atoms with E-state index in [1.807, 2.05) is 30.3 Å². The molecule has 116 valence electrons. The molecule has 0 radical (unpaired) electrons. The van der Waals surface area contributed by atoms with Gasteiger partial charge in [-0.2, -0.15) is 0 Å². The van der Waals surface area contributed by atoms with Crippen LogP contribution in [0, 0.1) is 5.92 Å². The Labute approximate surface area is 126 Å². The van der Waals surface area contributed by atoms with Gasteiger partial charge in [0.25, 0.3) is 0 Å². The van der Waals surface area contributed by atoms with Crippen molar-refractivity contribution in [3.05, 3.63) is 35.9 Å². The molecule has 0 unspecified atom stereocenters. The fourth-order valence-corrected chi connectivity index (χ4v) is 3.98. The molecule has 1 aromatic rings. The van der Waals surface area contributed by atoms with Crippen molar-refractivity contribution in [1.82, 2.24) is 10.2 Å². The molecule has 3 N–H and O–H groups in total. The zero-order chi connectivity index (χ0) is 14.9. The Kier molecular flexibility index (Phi) is 4.06. The van der Waals surface area contributed by atoms with E-state index in [0.717, 1.165) is 31.7 Å². The molecule has 2 aliphatic heterocycles. The molecule has 0 aliphatic carbocycles. The zero-order valence-corrected chi connectivity index (χ0v) is 12.8. The van der Waals surface area contributed by atoms with Crippen LogP contribution in [-0.4, -0.2) is 53.9 Å². The average Bonchev–Trinajstić information content (AvgIpc) is 2.51. The highest BCUT2D eigenvalue weighted by atomic mass is 16.3. The molecule has 4 nitrogen and oxygen atoms in total. The number of piperidine rings is 2.